The summed E-state index contributed by atoms with van der Waals surface area (Å²) in [4.78, 5) is 10.2. The number of non-ortho nitro benzene ring substituents is 1. The van der Waals surface area contributed by atoms with E-state index < -0.39 is 10.7 Å². The molecule has 3 aromatic rings. The smallest absolute Gasteiger partial charge is 0.271 e. The zero-order valence-corrected chi connectivity index (χ0v) is 10.9. The van der Waals surface area contributed by atoms with Crippen molar-refractivity contribution >= 4 is 22.3 Å². The fourth-order valence-electron chi connectivity index (χ4n) is 2.12. The average Bonchev–Trinajstić information content (AvgIpc) is 2.89. The van der Waals surface area contributed by atoms with Crippen LogP contribution in [0.2, 0.25) is 0 Å². The number of halogens is 1. The highest BCUT2D eigenvalue weighted by atomic mass is 19.1. The predicted molar refractivity (Wildman–Crippen MR) is 76.6 cm³/mol. The number of hydrogen-bond donors (Lipinski definition) is 1. The number of nitrogens with one attached hydrogen (secondary N) is 1. The standard InChI is InChI=1S/C15H11FN2O3/c16-13-6-5-11(18(19)20)7-14(13)17-8-10-9-21-15-4-2-1-3-12(10)15/h1-7,9,17H,8H2. The lowest BCUT2D eigenvalue weighted by Crippen LogP contribution is -2.01. The van der Waals surface area contributed by atoms with Crippen LogP contribution < -0.4 is 5.32 Å². The summed E-state index contributed by atoms with van der Waals surface area (Å²) in [5, 5.41) is 14.5. The Labute approximate surface area is 119 Å². The van der Waals surface area contributed by atoms with Crippen molar-refractivity contribution in [3.05, 3.63) is 70.2 Å². The maximum absolute atomic E-state index is 13.7. The topological polar surface area (TPSA) is 68.3 Å². The lowest BCUT2D eigenvalue weighted by Gasteiger charge is -2.06. The molecule has 0 saturated carbocycles. The van der Waals surface area contributed by atoms with Gasteiger partial charge in [-0.15, -0.1) is 0 Å². The maximum Gasteiger partial charge on any atom is 0.271 e. The minimum absolute atomic E-state index is 0.0921. The van der Waals surface area contributed by atoms with E-state index in [0.29, 0.717) is 6.54 Å². The first-order valence-electron chi connectivity index (χ1n) is 6.28. The number of anilines is 1. The summed E-state index contributed by atoms with van der Waals surface area (Å²) >= 11 is 0. The molecule has 1 heterocycles. The first-order chi connectivity index (χ1) is 10.1. The molecule has 1 aromatic heterocycles. The molecule has 0 spiro atoms. The van der Waals surface area contributed by atoms with Gasteiger partial charge >= 0.3 is 0 Å². The Hall–Kier alpha value is -2.89. The van der Waals surface area contributed by atoms with Gasteiger partial charge in [0, 0.05) is 29.6 Å². The highest BCUT2D eigenvalue weighted by molar-refractivity contribution is 5.81. The Kier molecular flexibility index (Phi) is 3.27. The minimum Gasteiger partial charge on any atom is -0.464 e. The van der Waals surface area contributed by atoms with Gasteiger partial charge in [0.1, 0.15) is 11.4 Å². The molecule has 0 aliphatic carbocycles. The second kappa shape index (κ2) is 5.24. The number of nitro groups is 1. The first-order valence-corrected chi connectivity index (χ1v) is 6.28. The van der Waals surface area contributed by atoms with Crippen LogP contribution in [-0.2, 0) is 6.54 Å². The Morgan fingerprint density at radius 2 is 2.05 bits per heavy atom. The maximum atomic E-state index is 13.7. The quantitative estimate of drug-likeness (QED) is 0.579. The van der Waals surface area contributed by atoms with E-state index in [4.69, 9.17) is 4.42 Å². The first kappa shape index (κ1) is 13.1. The molecule has 21 heavy (non-hydrogen) atoms. The SMILES string of the molecule is O=[N+]([O-])c1ccc(F)c(NCc2coc3ccccc23)c1. The third-order valence-corrected chi connectivity index (χ3v) is 3.19. The Balaban J connectivity index is 1.84. The molecule has 6 heteroatoms. The molecular weight excluding hydrogens is 275 g/mol. The average molecular weight is 286 g/mol. The zero-order valence-electron chi connectivity index (χ0n) is 10.9. The van der Waals surface area contributed by atoms with Crippen molar-refractivity contribution in [2.45, 2.75) is 6.54 Å². The molecule has 2 aromatic carbocycles. The highest BCUT2D eigenvalue weighted by Gasteiger charge is 2.11. The third-order valence-electron chi connectivity index (χ3n) is 3.19. The van der Waals surface area contributed by atoms with Gasteiger partial charge in [-0.25, -0.2) is 4.39 Å². The van der Waals surface area contributed by atoms with Crippen molar-refractivity contribution in [2.24, 2.45) is 0 Å². The number of rotatable bonds is 4. The highest BCUT2D eigenvalue weighted by Crippen LogP contribution is 2.24. The molecule has 5 nitrogen and oxygen atoms in total. The van der Waals surface area contributed by atoms with E-state index in [2.05, 4.69) is 5.32 Å². The number of fused-ring (bicyclic) bond motifs is 1. The van der Waals surface area contributed by atoms with E-state index in [9.17, 15) is 14.5 Å². The molecule has 0 aliphatic rings. The van der Waals surface area contributed by atoms with Gasteiger partial charge < -0.3 is 9.73 Å². The number of para-hydroxylation sites is 1. The summed E-state index contributed by atoms with van der Waals surface area (Å²) in [7, 11) is 0. The summed E-state index contributed by atoms with van der Waals surface area (Å²) < 4.78 is 19.1. The molecule has 106 valence electrons. The summed E-state index contributed by atoms with van der Waals surface area (Å²) in [5.74, 6) is -0.534. The monoisotopic (exact) mass is 286 g/mol. The van der Waals surface area contributed by atoms with Crippen molar-refractivity contribution in [2.75, 3.05) is 5.32 Å². The van der Waals surface area contributed by atoms with Crippen molar-refractivity contribution in [3.8, 4) is 0 Å². The third kappa shape index (κ3) is 2.55. The van der Waals surface area contributed by atoms with Crippen LogP contribution in [-0.4, -0.2) is 4.92 Å². The van der Waals surface area contributed by atoms with E-state index in [1.54, 1.807) is 6.26 Å². The molecule has 1 N–H and O–H groups in total. The molecule has 0 atom stereocenters. The van der Waals surface area contributed by atoms with E-state index in [1.165, 1.54) is 6.07 Å². The zero-order chi connectivity index (χ0) is 14.8. The van der Waals surface area contributed by atoms with E-state index in [0.717, 1.165) is 28.7 Å². The molecule has 0 saturated heterocycles. The molecule has 0 aliphatic heterocycles. The molecule has 0 bridgehead atoms. The van der Waals surface area contributed by atoms with Crippen LogP contribution in [0.3, 0.4) is 0 Å². The number of hydrogen-bond acceptors (Lipinski definition) is 4. The Morgan fingerprint density at radius 3 is 2.86 bits per heavy atom. The predicted octanol–water partition coefficient (Wildman–Crippen LogP) is 4.09. The van der Waals surface area contributed by atoms with Crippen molar-refractivity contribution < 1.29 is 13.7 Å². The van der Waals surface area contributed by atoms with Crippen LogP contribution in [0, 0.1) is 15.9 Å². The van der Waals surface area contributed by atoms with Gasteiger partial charge in [0.25, 0.3) is 5.69 Å². The van der Waals surface area contributed by atoms with Gasteiger partial charge in [-0.05, 0) is 12.1 Å². The number of furan rings is 1. The van der Waals surface area contributed by atoms with Gasteiger partial charge in [-0.1, -0.05) is 18.2 Å². The van der Waals surface area contributed by atoms with Crippen molar-refractivity contribution in [3.63, 3.8) is 0 Å². The largest absolute Gasteiger partial charge is 0.464 e. The molecule has 0 radical (unpaired) electrons. The molecule has 0 amide bonds. The molecule has 0 fully saturated rings. The molecule has 0 unspecified atom stereocenters. The normalized spacial score (nSPS) is 10.7. The number of nitrogens with zero attached hydrogens (tertiary/aromatic N) is 1. The number of nitro benzene ring substituents is 1. The number of benzene rings is 2. The fourth-order valence-corrected chi connectivity index (χ4v) is 2.12. The molecule has 3 rings (SSSR count). The lowest BCUT2D eigenvalue weighted by atomic mass is 10.1. The van der Waals surface area contributed by atoms with Crippen molar-refractivity contribution in [1.29, 1.82) is 0 Å². The molecular formula is C15H11FN2O3. The summed E-state index contributed by atoms with van der Waals surface area (Å²) in [6, 6.07) is 10.9. The van der Waals surface area contributed by atoms with Gasteiger partial charge in [0.2, 0.25) is 0 Å². The Morgan fingerprint density at radius 1 is 1.24 bits per heavy atom. The second-order valence-electron chi connectivity index (χ2n) is 4.53. The second-order valence-corrected chi connectivity index (χ2v) is 4.53. The van der Waals surface area contributed by atoms with Crippen LogP contribution in [0.25, 0.3) is 11.0 Å². The van der Waals surface area contributed by atoms with Gasteiger partial charge in [0.05, 0.1) is 16.9 Å². The van der Waals surface area contributed by atoms with Crippen LogP contribution >= 0.6 is 0 Å². The summed E-state index contributed by atoms with van der Waals surface area (Å²) in [6.07, 6.45) is 1.59. The Bertz CT molecular complexity index is 814. The van der Waals surface area contributed by atoms with E-state index >= 15 is 0 Å². The van der Waals surface area contributed by atoms with Crippen LogP contribution in [0.4, 0.5) is 15.8 Å². The van der Waals surface area contributed by atoms with Crippen LogP contribution in [0.15, 0.2) is 53.1 Å². The van der Waals surface area contributed by atoms with Gasteiger partial charge in [-0.2, -0.15) is 0 Å². The van der Waals surface area contributed by atoms with Crippen molar-refractivity contribution in [1.82, 2.24) is 0 Å². The fraction of sp³-hybridized carbons (Fsp3) is 0.0667. The van der Waals surface area contributed by atoms with Gasteiger partial charge in [0.15, 0.2) is 0 Å². The van der Waals surface area contributed by atoms with E-state index in [-0.39, 0.29) is 11.4 Å². The van der Waals surface area contributed by atoms with Gasteiger partial charge in [-0.3, -0.25) is 10.1 Å². The van der Waals surface area contributed by atoms with E-state index in [1.807, 2.05) is 24.3 Å². The van der Waals surface area contributed by atoms with Crippen LogP contribution in [0.5, 0.6) is 0 Å². The minimum atomic E-state index is -0.558. The summed E-state index contributed by atoms with van der Waals surface area (Å²) in [5.41, 5.74) is 1.54. The lowest BCUT2D eigenvalue weighted by molar-refractivity contribution is -0.384. The summed E-state index contributed by atoms with van der Waals surface area (Å²) in [6.45, 7) is 0.315. The van der Waals surface area contributed by atoms with Crippen LogP contribution in [0.1, 0.15) is 5.56 Å².